The second kappa shape index (κ2) is 9.00. The highest BCUT2D eigenvalue weighted by Gasteiger charge is 2.31. The molecule has 1 saturated heterocycles. The number of ether oxygens (including phenoxy) is 1. The van der Waals surface area contributed by atoms with Crippen LogP contribution in [0.3, 0.4) is 0 Å². The van der Waals surface area contributed by atoms with Crippen molar-refractivity contribution in [3.8, 4) is 5.75 Å². The van der Waals surface area contributed by atoms with Crippen molar-refractivity contribution in [1.82, 2.24) is 10.3 Å². The number of aromatic nitrogens is 1. The standard InChI is InChI=1S/C18H17N3O4S/c22-17-16(26-18(23)21-17)11-13-4-6-15(7-5-13)24-9-10-25-20-12-14-3-1-2-8-19-14/h1-8,12,16H,9-11H2,(H,21,22,23)/b20-12+. The summed E-state index contributed by atoms with van der Waals surface area (Å²) in [7, 11) is 0. The van der Waals surface area contributed by atoms with Gasteiger partial charge in [-0.2, -0.15) is 0 Å². The van der Waals surface area contributed by atoms with E-state index >= 15 is 0 Å². The van der Waals surface area contributed by atoms with Crippen LogP contribution < -0.4 is 10.1 Å². The van der Waals surface area contributed by atoms with Gasteiger partial charge in [0, 0.05) is 6.20 Å². The van der Waals surface area contributed by atoms with E-state index < -0.39 is 0 Å². The maximum atomic E-state index is 11.6. The van der Waals surface area contributed by atoms with Crippen molar-refractivity contribution in [2.45, 2.75) is 11.7 Å². The molecule has 0 aliphatic carbocycles. The van der Waals surface area contributed by atoms with Crippen molar-refractivity contribution in [3.63, 3.8) is 0 Å². The van der Waals surface area contributed by atoms with Crippen LogP contribution in [0, 0.1) is 0 Å². The zero-order valence-electron chi connectivity index (χ0n) is 13.8. The molecule has 26 heavy (non-hydrogen) atoms. The van der Waals surface area contributed by atoms with Gasteiger partial charge < -0.3 is 9.57 Å². The maximum Gasteiger partial charge on any atom is 0.286 e. The third-order valence-electron chi connectivity index (χ3n) is 3.50. The van der Waals surface area contributed by atoms with Crippen molar-refractivity contribution in [1.29, 1.82) is 0 Å². The van der Waals surface area contributed by atoms with Gasteiger partial charge in [-0.3, -0.25) is 19.9 Å². The molecule has 1 fully saturated rings. The number of benzene rings is 1. The molecule has 3 rings (SSSR count). The molecule has 0 saturated carbocycles. The summed E-state index contributed by atoms with van der Waals surface area (Å²) in [6.07, 6.45) is 3.73. The SMILES string of the molecule is O=C1NC(=O)C(Cc2ccc(OCCO/N=C/c3ccccn3)cc2)S1. The Morgan fingerprint density at radius 1 is 1.15 bits per heavy atom. The van der Waals surface area contributed by atoms with E-state index in [9.17, 15) is 9.59 Å². The van der Waals surface area contributed by atoms with E-state index in [1.807, 2.05) is 42.5 Å². The number of hydrogen-bond acceptors (Lipinski definition) is 7. The maximum absolute atomic E-state index is 11.6. The van der Waals surface area contributed by atoms with Crippen molar-refractivity contribution >= 4 is 29.1 Å². The number of nitrogens with one attached hydrogen (secondary N) is 1. The number of imide groups is 1. The molecule has 1 aromatic carbocycles. The van der Waals surface area contributed by atoms with Gasteiger partial charge >= 0.3 is 0 Å². The number of amides is 2. The Hall–Kier alpha value is -2.87. The van der Waals surface area contributed by atoms with Crippen LogP contribution in [0.1, 0.15) is 11.3 Å². The average Bonchev–Trinajstić information content (AvgIpc) is 2.97. The molecule has 1 atom stereocenters. The van der Waals surface area contributed by atoms with Gasteiger partial charge in [-0.05, 0) is 36.2 Å². The largest absolute Gasteiger partial charge is 0.490 e. The minimum atomic E-state index is -0.361. The van der Waals surface area contributed by atoms with Gasteiger partial charge in [0.1, 0.15) is 12.4 Å². The fourth-order valence-corrected chi connectivity index (χ4v) is 3.12. The van der Waals surface area contributed by atoms with Gasteiger partial charge in [0.15, 0.2) is 6.61 Å². The Labute approximate surface area is 154 Å². The lowest BCUT2D eigenvalue weighted by Gasteiger charge is -2.08. The zero-order chi connectivity index (χ0) is 18.2. The molecule has 7 nitrogen and oxygen atoms in total. The molecule has 2 heterocycles. The molecule has 134 valence electrons. The van der Waals surface area contributed by atoms with Crippen LogP contribution in [0.5, 0.6) is 5.75 Å². The molecule has 1 N–H and O–H groups in total. The van der Waals surface area contributed by atoms with Crippen molar-refractivity contribution in [2.24, 2.45) is 5.16 Å². The lowest BCUT2D eigenvalue weighted by Crippen LogP contribution is -2.25. The minimum absolute atomic E-state index is 0.233. The van der Waals surface area contributed by atoms with Crippen molar-refractivity contribution in [2.75, 3.05) is 13.2 Å². The summed E-state index contributed by atoms with van der Waals surface area (Å²) < 4.78 is 5.57. The van der Waals surface area contributed by atoms with E-state index in [2.05, 4.69) is 15.5 Å². The number of carbonyl (C=O) groups excluding carboxylic acids is 2. The summed E-state index contributed by atoms with van der Waals surface area (Å²) in [5.41, 5.74) is 1.69. The predicted molar refractivity (Wildman–Crippen MR) is 98.3 cm³/mol. The first-order valence-corrected chi connectivity index (χ1v) is 8.88. The third kappa shape index (κ3) is 5.32. The highest BCUT2D eigenvalue weighted by Crippen LogP contribution is 2.23. The first-order valence-electron chi connectivity index (χ1n) is 8.00. The number of rotatable bonds is 8. The van der Waals surface area contributed by atoms with Gasteiger partial charge in [0.05, 0.1) is 17.2 Å². The van der Waals surface area contributed by atoms with Crippen LogP contribution in [0.25, 0.3) is 0 Å². The van der Waals surface area contributed by atoms with E-state index in [1.165, 1.54) is 6.21 Å². The summed E-state index contributed by atoms with van der Waals surface area (Å²) in [6, 6.07) is 12.9. The highest BCUT2D eigenvalue weighted by molar-refractivity contribution is 8.15. The lowest BCUT2D eigenvalue weighted by molar-refractivity contribution is -0.118. The molecule has 2 aromatic rings. The smallest absolute Gasteiger partial charge is 0.286 e. The molecular formula is C18H17N3O4S. The predicted octanol–water partition coefficient (Wildman–Crippen LogP) is 2.41. The van der Waals surface area contributed by atoms with Gasteiger partial charge in [-0.25, -0.2) is 0 Å². The number of oxime groups is 1. The summed E-state index contributed by atoms with van der Waals surface area (Å²) in [5, 5.41) is 5.46. The van der Waals surface area contributed by atoms with Crippen LogP contribution in [0.4, 0.5) is 4.79 Å². The van der Waals surface area contributed by atoms with Gasteiger partial charge in [-0.15, -0.1) is 0 Å². The Morgan fingerprint density at radius 3 is 2.69 bits per heavy atom. The average molecular weight is 371 g/mol. The number of nitrogens with zero attached hydrogens (tertiary/aromatic N) is 2. The van der Waals surface area contributed by atoms with Crippen LogP contribution in [0.15, 0.2) is 53.8 Å². The Kier molecular flexibility index (Phi) is 6.21. The first-order chi connectivity index (χ1) is 12.7. The van der Waals surface area contributed by atoms with Gasteiger partial charge in [0.2, 0.25) is 5.91 Å². The normalized spacial score (nSPS) is 16.7. The number of hydrogen-bond donors (Lipinski definition) is 1. The van der Waals surface area contributed by atoms with Crippen LogP contribution in [-0.4, -0.2) is 40.8 Å². The topological polar surface area (TPSA) is 89.9 Å². The molecule has 1 aliphatic rings. The second-order valence-corrected chi connectivity index (χ2v) is 6.58. The van der Waals surface area contributed by atoms with E-state index in [0.29, 0.717) is 25.4 Å². The van der Waals surface area contributed by atoms with Crippen molar-refractivity contribution < 1.29 is 19.2 Å². The van der Waals surface area contributed by atoms with Gasteiger partial charge in [0.25, 0.3) is 5.24 Å². The second-order valence-electron chi connectivity index (χ2n) is 5.40. The summed E-state index contributed by atoms with van der Waals surface area (Å²) >= 11 is 1.03. The van der Waals surface area contributed by atoms with E-state index in [4.69, 9.17) is 9.57 Å². The minimum Gasteiger partial charge on any atom is -0.490 e. The lowest BCUT2D eigenvalue weighted by atomic mass is 10.1. The van der Waals surface area contributed by atoms with Gasteiger partial charge in [-0.1, -0.05) is 35.1 Å². The van der Waals surface area contributed by atoms with Crippen molar-refractivity contribution in [3.05, 3.63) is 59.9 Å². The Balaban J connectivity index is 1.37. The fraction of sp³-hybridized carbons (Fsp3) is 0.222. The Bertz CT molecular complexity index is 781. The molecule has 0 radical (unpaired) electrons. The van der Waals surface area contributed by atoms with Crippen LogP contribution in [0.2, 0.25) is 0 Å². The number of carbonyl (C=O) groups is 2. The molecule has 0 spiro atoms. The summed E-state index contributed by atoms with van der Waals surface area (Å²) in [6.45, 7) is 0.667. The van der Waals surface area contributed by atoms with E-state index in [1.54, 1.807) is 6.20 Å². The van der Waals surface area contributed by atoms with E-state index in [0.717, 1.165) is 23.0 Å². The monoisotopic (exact) mass is 371 g/mol. The molecule has 1 aromatic heterocycles. The number of thioether (sulfide) groups is 1. The van der Waals surface area contributed by atoms with E-state index in [-0.39, 0.29) is 16.4 Å². The molecule has 0 bridgehead atoms. The molecular weight excluding hydrogens is 354 g/mol. The van der Waals surface area contributed by atoms with Crippen LogP contribution in [-0.2, 0) is 16.1 Å². The van der Waals surface area contributed by atoms with Crippen LogP contribution >= 0.6 is 11.8 Å². The summed E-state index contributed by atoms with van der Waals surface area (Å²) in [5.74, 6) is 0.467. The molecule has 2 amide bonds. The first kappa shape index (κ1) is 17.9. The Morgan fingerprint density at radius 2 is 2.00 bits per heavy atom. The third-order valence-corrected chi connectivity index (χ3v) is 4.48. The highest BCUT2D eigenvalue weighted by atomic mass is 32.2. The summed E-state index contributed by atoms with van der Waals surface area (Å²) in [4.78, 5) is 31.9. The quantitative estimate of drug-likeness (QED) is 0.435. The zero-order valence-corrected chi connectivity index (χ0v) is 14.6. The molecule has 8 heteroatoms. The molecule has 1 unspecified atom stereocenters. The fourth-order valence-electron chi connectivity index (χ4n) is 2.26. The number of pyridine rings is 1. The molecule has 1 aliphatic heterocycles.